The van der Waals surface area contributed by atoms with Gasteiger partial charge in [-0.1, -0.05) is 13.8 Å². The Balaban J connectivity index is 4.27. The molecule has 0 heterocycles. The Labute approximate surface area is 61.1 Å². The summed E-state index contributed by atoms with van der Waals surface area (Å²) in [6.07, 6.45) is 0. The van der Waals surface area contributed by atoms with Crippen molar-refractivity contribution in [2.24, 2.45) is 17.6 Å². The summed E-state index contributed by atoms with van der Waals surface area (Å²) in [6.45, 7) is 5.23. The fraction of sp³-hybridized carbons (Fsp3) is 0.714. The van der Waals surface area contributed by atoms with E-state index >= 15 is 0 Å². The lowest BCUT2D eigenvalue weighted by molar-refractivity contribution is -0.119. The van der Waals surface area contributed by atoms with Crippen LogP contribution >= 0.6 is 0 Å². The van der Waals surface area contributed by atoms with Crippen molar-refractivity contribution in [1.29, 1.82) is 5.41 Å². The van der Waals surface area contributed by atoms with Crippen LogP contribution in [0.1, 0.15) is 20.8 Å². The van der Waals surface area contributed by atoms with Crippen LogP contribution in [0.5, 0.6) is 0 Å². The maximum atomic E-state index is 10.8. The quantitative estimate of drug-likeness (QED) is 0.451. The van der Waals surface area contributed by atoms with E-state index in [0.717, 1.165) is 0 Å². The largest absolute Gasteiger partial charge is 0.387 e. The van der Waals surface area contributed by atoms with Gasteiger partial charge in [-0.2, -0.15) is 0 Å². The summed E-state index contributed by atoms with van der Waals surface area (Å²) in [7, 11) is 0. The number of nitrogens with one attached hydrogen (secondary N) is 1. The molecule has 0 saturated carbocycles. The highest BCUT2D eigenvalue weighted by atomic mass is 16.1. The predicted octanol–water partition coefficient (Wildman–Crippen LogP) is 0.784. The summed E-state index contributed by atoms with van der Waals surface area (Å²) in [5.74, 6) is -0.306. The average Bonchev–Trinajstić information content (AvgIpc) is 1.59. The third-order valence-electron chi connectivity index (χ3n) is 1.44. The van der Waals surface area contributed by atoms with E-state index in [4.69, 9.17) is 11.1 Å². The lowest BCUT2D eigenvalue weighted by Gasteiger charge is -2.14. The maximum absolute atomic E-state index is 10.8. The Morgan fingerprint density at radius 2 is 1.90 bits per heavy atom. The van der Waals surface area contributed by atoms with E-state index in [2.05, 4.69) is 0 Å². The standard InChI is InChI=1S/C7H14N2O/c1-4(2)6(5(3)10)7(8)9/h4,6H,1-3H3,(H3,8,9). The molecule has 1 unspecified atom stereocenters. The van der Waals surface area contributed by atoms with E-state index in [1.54, 1.807) is 0 Å². The first-order valence-electron chi connectivity index (χ1n) is 3.31. The van der Waals surface area contributed by atoms with Crippen molar-refractivity contribution in [3.05, 3.63) is 0 Å². The number of carbonyl (C=O) groups is 1. The Hall–Kier alpha value is -0.860. The summed E-state index contributed by atoms with van der Waals surface area (Å²) < 4.78 is 0. The molecule has 3 N–H and O–H groups in total. The molecule has 0 spiro atoms. The molecule has 0 radical (unpaired) electrons. The number of amidine groups is 1. The third-order valence-corrected chi connectivity index (χ3v) is 1.44. The number of nitrogens with two attached hydrogens (primary N) is 1. The SMILES string of the molecule is CC(=O)C(C(=N)N)C(C)C. The van der Waals surface area contributed by atoms with Gasteiger partial charge in [-0.15, -0.1) is 0 Å². The van der Waals surface area contributed by atoms with Crippen molar-refractivity contribution >= 4 is 11.6 Å². The Kier molecular flexibility index (Phi) is 3.06. The first-order valence-corrected chi connectivity index (χ1v) is 3.31. The summed E-state index contributed by atoms with van der Waals surface area (Å²) in [5, 5.41) is 7.07. The van der Waals surface area contributed by atoms with Crippen LogP contribution in [0.2, 0.25) is 0 Å². The zero-order chi connectivity index (χ0) is 8.31. The Morgan fingerprint density at radius 3 is 1.90 bits per heavy atom. The second-order valence-electron chi connectivity index (χ2n) is 2.79. The highest BCUT2D eigenvalue weighted by molar-refractivity contribution is 6.01. The fourth-order valence-corrected chi connectivity index (χ4v) is 1.05. The van der Waals surface area contributed by atoms with Gasteiger partial charge in [-0.3, -0.25) is 10.2 Å². The van der Waals surface area contributed by atoms with Gasteiger partial charge in [-0.05, 0) is 12.8 Å². The molecule has 0 fully saturated rings. The molecule has 0 amide bonds. The monoisotopic (exact) mass is 142 g/mol. The van der Waals surface area contributed by atoms with Gasteiger partial charge < -0.3 is 5.73 Å². The van der Waals surface area contributed by atoms with Gasteiger partial charge in [0.25, 0.3) is 0 Å². The van der Waals surface area contributed by atoms with E-state index in [1.165, 1.54) is 6.92 Å². The van der Waals surface area contributed by atoms with E-state index in [9.17, 15) is 4.79 Å². The van der Waals surface area contributed by atoms with E-state index < -0.39 is 0 Å². The normalized spacial score (nSPS) is 13.2. The minimum absolute atomic E-state index is 0.0255. The summed E-state index contributed by atoms with van der Waals surface area (Å²) in [4.78, 5) is 10.8. The number of ketones is 1. The smallest absolute Gasteiger partial charge is 0.140 e. The van der Waals surface area contributed by atoms with Crippen LogP contribution in [-0.2, 0) is 4.79 Å². The van der Waals surface area contributed by atoms with Crippen LogP contribution < -0.4 is 5.73 Å². The lowest BCUT2D eigenvalue weighted by Crippen LogP contribution is -2.32. The number of Topliss-reactive ketones (excluding diaryl/α,β-unsaturated/α-hetero) is 1. The Morgan fingerprint density at radius 1 is 1.50 bits per heavy atom. The molecule has 0 aliphatic carbocycles. The van der Waals surface area contributed by atoms with Crippen LogP contribution in [0, 0.1) is 17.2 Å². The maximum Gasteiger partial charge on any atom is 0.140 e. The van der Waals surface area contributed by atoms with Crippen LogP contribution in [0.3, 0.4) is 0 Å². The molecule has 0 rings (SSSR count). The number of carbonyl (C=O) groups excluding carboxylic acids is 1. The molecule has 58 valence electrons. The molecule has 0 aliphatic rings. The van der Waals surface area contributed by atoms with Gasteiger partial charge in [0.05, 0.1) is 5.92 Å². The first kappa shape index (κ1) is 9.14. The number of hydrogen-bond acceptors (Lipinski definition) is 2. The molecular formula is C7H14N2O. The molecular weight excluding hydrogens is 128 g/mol. The topological polar surface area (TPSA) is 66.9 Å². The second kappa shape index (κ2) is 3.34. The summed E-state index contributed by atoms with van der Waals surface area (Å²) in [6, 6.07) is 0. The van der Waals surface area contributed by atoms with Crippen LogP contribution in [-0.4, -0.2) is 11.6 Å². The molecule has 0 aromatic rings. The van der Waals surface area contributed by atoms with Crippen molar-refractivity contribution in [2.75, 3.05) is 0 Å². The van der Waals surface area contributed by atoms with Crippen molar-refractivity contribution in [1.82, 2.24) is 0 Å². The molecule has 0 aromatic heterocycles. The molecule has 10 heavy (non-hydrogen) atoms. The highest BCUT2D eigenvalue weighted by Gasteiger charge is 2.20. The lowest BCUT2D eigenvalue weighted by atomic mass is 9.91. The average molecular weight is 142 g/mol. The minimum Gasteiger partial charge on any atom is -0.387 e. The molecule has 0 bridgehead atoms. The van der Waals surface area contributed by atoms with Gasteiger partial charge in [0.1, 0.15) is 11.6 Å². The van der Waals surface area contributed by atoms with Gasteiger partial charge in [-0.25, -0.2) is 0 Å². The fourth-order valence-electron chi connectivity index (χ4n) is 1.05. The van der Waals surface area contributed by atoms with Crippen LogP contribution in [0.25, 0.3) is 0 Å². The highest BCUT2D eigenvalue weighted by Crippen LogP contribution is 2.10. The summed E-state index contributed by atoms with van der Waals surface area (Å²) in [5.41, 5.74) is 5.20. The third kappa shape index (κ3) is 2.17. The predicted molar refractivity (Wildman–Crippen MR) is 40.9 cm³/mol. The summed E-state index contributed by atoms with van der Waals surface area (Å²) >= 11 is 0. The van der Waals surface area contributed by atoms with Crippen LogP contribution in [0.4, 0.5) is 0 Å². The van der Waals surface area contributed by atoms with Gasteiger partial charge in [0.2, 0.25) is 0 Å². The van der Waals surface area contributed by atoms with Gasteiger partial charge in [0, 0.05) is 0 Å². The number of hydrogen-bond donors (Lipinski definition) is 2. The molecule has 3 nitrogen and oxygen atoms in total. The molecule has 0 saturated heterocycles. The van der Waals surface area contributed by atoms with Crippen molar-refractivity contribution in [3.8, 4) is 0 Å². The molecule has 0 aliphatic heterocycles. The molecule has 3 heteroatoms. The van der Waals surface area contributed by atoms with Crippen molar-refractivity contribution < 1.29 is 4.79 Å². The van der Waals surface area contributed by atoms with E-state index in [0.29, 0.717) is 0 Å². The molecule has 0 aromatic carbocycles. The van der Waals surface area contributed by atoms with Gasteiger partial charge >= 0.3 is 0 Å². The van der Waals surface area contributed by atoms with Crippen LogP contribution in [0.15, 0.2) is 0 Å². The van der Waals surface area contributed by atoms with Crippen molar-refractivity contribution in [2.45, 2.75) is 20.8 Å². The zero-order valence-electron chi connectivity index (χ0n) is 6.64. The van der Waals surface area contributed by atoms with Crippen molar-refractivity contribution in [3.63, 3.8) is 0 Å². The zero-order valence-corrected chi connectivity index (χ0v) is 6.64. The van der Waals surface area contributed by atoms with E-state index in [1.807, 2.05) is 13.8 Å². The Bertz CT molecular complexity index is 138. The van der Waals surface area contributed by atoms with E-state index in [-0.39, 0.29) is 23.5 Å². The first-order chi connectivity index (χ1) is 4.46. The second-order valence-corrected chi connectivity index (χ2v) is 2.79. The molecule has 1 atom stereocenters. The van der Waals surface area contributed by atoms with Gasteiger partial charge in [0.15, 0.2) is 0 Å². The number of rotatable bonds is 3. The minimum atomic E-state index is -0.389.